The van der Waals surface area contributed by atoms with Crippen LogP contribution in [0.15, 0.2) is 40.3 Å². The third-order valence-electron chi connectivity index (χ3n) is 4.05. The fourth-order valence-corrected chi connectivity index (χ4v) is 4.52. The van der Waals surface area contributed by atoms with Crippen molar-refractivity contribution in [2.24, 2.45) is 0 Å². The Hall–Kier alpha value is -2.26. The third kappa shape index (κ3) is 2.41. The highest BCUT2D eigenvalue weighted by atomic mass is 32.2. The van der Waals surface area contributed by atoms with Crippen LogP contribution in [-0.2, 0) is 10.0 Å². The topological polar surface area (TPSA) is 105 Å². The second-order valence-corrected chi connectivity index (χ2v) is 7.28. The van der Waals surface area contributed by atoms with Gasteiger partial charge in [0, 0.05) is 6.54 Å². The second-order valence-electron chi connectivity index (χ2n) is 5.48. The van der Waals surface area contributed by atoms with Crippen LogP contribution in [0.5, 0.6) is 0 Å². The maximum Gasteiger partial charge on any atom is 0.277 e. The van der Waals surface area contributed by atoms with Crippen LogP contribution in [0, 0.1) is 0 Å². The average molecular weight is 333 g/mol. The molecule has 0 amide bonds. The molecule has 0 spiro atoms. The van der Waals surface area contributed by atoms with Crippen LogP contribution in [0.3, 0.4) is 0 Å². The van der Waals surface area contributed by atoms with Gasteiger partial charge in [-0.3, -0.25) is 0 Å². The zero-order valence-electron chi connectivity index (χ0n) is 12.2. The van der Waals surface area contributed by atoms with Gasteiger partial charge in [-0.1, -0.05) is 23.7 Å². The largest absolute Gasteiger partial charge is 0.343 e. The highest BCUT2D eigenvalue weighted by Crippen LogP contribution is 2.33. The molecule has 1 atom stereocenters. The SMILES string of the molecule is O=S(=O)(c1nc2ccccc2[nH]1)N1CCCCC1c1ncon1. The van der Waals surface area contributed by atoms with E-state index in [0.717, 1.165) is 12.8 Å². The lowest BCUT2D eigenvalue weighted by Gasteiger charge is -2.31. The Kier molecular flexibility index (Phi) is 3.38. The Morgan fingerprint density at radius 3 is 2.91 bits per heavy atom. The number of hydrogen-bond acceptors (Lipinski definition) is 6. The van der Waals surface area contributed by atoms with Gasteiger partial charge in [-0.2, -0.15) is 9.29 Å². The number of aromatic nitrogens is 4. The molecule has 23 heavy (non-hydrogen) atoms. The van der Waals surface area contributed by atoms with E-state index in [2.05, 4.69) is 20.1 Å². The molecule has 1 saturated heterocycles. The maximum absolute atomic E-state index is 13.0. The van der Waals surface area contributed by atoms with Crippen molar-refractivity contribution in [3.63, 3.8) is 0 Å². The molecular weight excluding hydrogens is 318 g/mol. The van der Waals surface area contributed by atoms with E-state index >= 15 is 0 Å². The lowest BCUT2D eigenvalue weighted by Crippen LogP contribution is -2.39. The molecule has 9 heteroatoms. The van der Waals surface area contributed by atoms with Gasteiger partial charge in [0.25, 0.3) is 10.0 Å². The average Bonchev–Trinajstić information content (AvgIpc) is 3.24. The first-order valence-electron chi connectivity index (χ1n) is 7.39. The molecule has 120 valence electrons. The minimum Gasteiger partial charge on any atom is -0.343 e. The fourth-order valence-electron chi connectivity index (χ4n) is 2.94. The molecule has 0 radical (unpaired) electrons. The number of nitrogens with zero attached hydrogens (tertiary/aromatic N) is 4. The monoisotopic (exact) mass is 333 g/mol. The van der Waals surface area contributed by atoms with Crippen LogP contribution in [0.4, 0.5) is 0 Å². The van der Waals surface area contributed by atoms with Gasteiger partial charge in [-0.25, -0.2) is 13.4 Å². The zero-order chi connectivity index (χ0) is 15.9. The van der Waals surface area contributed by atoms with Crippen molar-refractivity contribution in [2.45, 2.75) is 30.5 Å². The van der Waals surface area contributed by atoms with Gasteiger partial charge in [-0.15, -0.1) is 0 Å². The number of rotatable bonds is 3. The van der Waals surface area contributed by atoms with Crippen molar-refractivity contribution in [1.82, 2.24) is 24.4 Å². The molecule has 1 N–H and O–H groups in total. The summed E-state index contributed by atoms with van der Waals surface area (Å²) in [6, 6.07) is 6.81. The number of sulfonamides is 1. The molecule has 3 aromatic rings. The van der Waals surface area contributed by atoms with E-state index in [1.54, 1.807) is 12.1 Å². The summed E-state index contributed by atoms with van der Waals surface area (Å²) in [5.41, 5.74) is 1.32. The molecule has 8 nitrogen and oxygen atoms in total. The molecule has 3 heterocycles. The van der Waals surface area contributed by atoms with Gasteiger partial charge in [0.15, 0.2) is 5.82 Å². The van der Waals surface area contributed by atoms with Crippen LogP contribution in [0.2, 0.25) is 0 Å². The first-order chi connectivity index (χ1) is 11.2. The quantitative estimate of drug-likeness (QED) is 0.784. The van der Waals surface area contributed by atoms with Gasteiger partial charge in [0.2, 0.25) is 11.6 Å². The molecule has 1 aliphatic heterocycles. The number of fused-ring (bicyclic) bond motifs is 1. The van der Waals surface area contributed by atoms with Crippen LogP contribution in [0.1, 0.15) is 31.1 Å². The summed E-state index contributed by atoms with van der Waals surface area (Å²) >= 11 is 0. The minimum absolute atomic E-state index is 0.0471. The number of nitrogens with one attached hydrogen (secondary N) is 1. The normalized spacial score (nSPS) is 20.1. The van der Waals surface area contributed by atoms with Crippen molar-refractivity contribution in [1.29, 1.82) is 0 Å². The lowest BCUT2D eigenvalue weighted by molar-refractivity contribution is 0.239. The van der Waals surface area contributed by atoms with Crippen molar-refractivity contribution in [2.75, 3.05) is 6.54 Å². The van der Waals surface area contributed by atoms with Crippen LogP contribution < -0.4 is 0 Å². The number of benzene rings is 1. The van der Waals surface area contributed by atoms with E-state index < -0.39 is 16.1 Å². The Labute approximate surface area is 132 Å². The summed E-state index contributed by atoms with van der Waals surface area (Å²) in [5.74, 6) is 0.393. The standard InChI is InChI=1S/C14H15N5O3S/c20-23(21,14-16-10-5-1-2-6-11(10)17-14)19-8-4-3-7-12(19)13-15-9-22-18-13/h1-2,5-6,9,12H,3-4,7-8H2,(H,16,17). The van der Waals surface area contributed by atoms with Crippen LogP contribution in [-0.4, -0.2) is 39.4 Å². The van der Waals surface area contributed by atoms with Gasteiger partial charge in [0.1, 0.15) is 0 Å². The van der Waals surface area contributed by atoms with E-state index in [9.17, 15) is 8.42 Å². The second kappa shape index (κ2) is 5.43. The molecule has 1 fully saturated rings. The number of piperidine rings is 1. The van der Waals surface area contributed by atoms with Gasteiger partial charge in [-0.05, 0) is 25.0 Å². The highest BCUT2D eigenvalue weighted by molar-refractivity contribution is 7.89. The van der Waals surface area contributed by atoms with E-state index in [4.69, 9.17) is 4.52 Å². The number of imidazole rings is 1. The smallest absolute Gasteiger partial charge is 0.277 e. The molecule has 1 aromatic carbocycles. The molecule has 1 aliphatic rings. The summed E-state index contributed by atoms with van der Waals surface area (Å²) in [7, 11) is -3.75. The maximum atomic E-state index is 13.0. The fraction of sp³-hybridized carbons (Fsp3) is 0.357. The molecule has 0 aliphatic carbocycles. The van der Waals surface area contributed by atoms with E-state index in [-0.39, 0.29) is 5.16 Å². The molecular formula is C14H15N5O3S. The van der Waals surface area contributed by atoms with Crippen LogP contribution >= 0.6 is 0 Å². The van der Waals surface area contributed by atoms with E-state index in [1.807, 2.05) is 12.1 Å². The zero-order valence-corrected chi connectivity index (χ0v) is 13.0. The predicted molar refractivity (Wildman–Crippen MR) is 80.9 cm³/mol. The summed E-state index contributed by atoms with van der Waals surface area (Å²) in [4.78, 5) is 11.1. The van der Waals surface area contributed by atoms with Crippen molar-refractivity contribution < 1.29 is 12.9 Å². The Morgan fingerprint density at radius 1 is 1.26 bits per heavy atom. The molecule has 0 saturated carbocycles. The first-order valence-corrected chi connectivity index (χ1v) is 8.83. The van der Waals surface area contributed by atoms with Gasteiger partial charge < -0.3 is 9.51 Å². The Morgan fingerprint density at radius 2 is 2.13 bits per heavy atom. The lowest BCUT2D eigenvalue weighted by atomic mass is 10.0. The van der Waals surface area contributed by atoms with Crippen molar-refractivity contribution >= 4 is 21.1 Å². The van der Waals surface area contributed by atoms with E-state index in [1.165, 1.54) is 10.7 Å². The summed E-state index contributed by atoms with van der Waals surface area (Å²) in [6.07, 6.45) is 3.61. The number of hydrogen-bond donors (Lipinski definition) is 1. The number of H-pyrrole nitrogens is 1. The third-order valence-corrected chi connectivity index (χ3v) is 5.79. The number of para-hydroxylation sites is 2. The molecule has 4 rings (SSSR count). The minimum atomic E-state index is -3.75. The molecule has 1 unspecified atom stereocenters. The first kappa shape index (κ1) is 14.3. The molecule has 0 bridgehead atoms. The summed E-state index contributed by atoms with van der Waals surface area (Å²) in [5, 5.41) is 3.77. The Bertz CT molecular complexity index is 886. The summed E-state index contributed by atoms with van der Waals surface area (Å²) < 4.78 is 32.2. The predicted octanol–water partition coefficient (Wildman–Crippen LogP) is 1.86. The highest BCUT2D eigenvalue weighted by Gasteiger charge is 2.38. The van der Waals surface area contributed by atoms with Crippen molar-refractivity contribution in [3.8, 4) is 0 Å². The van der Waals surface area contributed by atoms with Gasteiger partial charge >= 0.3 is 0 Å². The van der Waals surface area contributed by atoms with Crippen LogP contribution in [0.25, 0.3) is 11.0 Å². The molecule has 2 aromatic heterocycles. The van der Waals surface area contributed by atoms with Crippen molar-refractivity contribution in [3.05, 3.63) is 36.5 Å². The Balaban J connectivity index is 1.76. The van der Waals surface area contributed by atoms with E-state index in [0.29, 0.717) is 29.8 Å². The summed E-state index contributed by atoms with van der Waals surface area (Å²) in [6.45, 7) is 0.415. The van der Waals surface area contributed by atoms with Gasteiger partial charge in [0.05, 0.1) is 17.1 Å². The number of aromatic amines is 1.